The van der Waals surface area contributed by atoms with Gasteiger partial charge in [0.15, 0.2) is 5.82 Å². The molecule has 1 heterocycles. The average molecular weight is 365 g/mol. The van der Waals surface area contributed by atoms with Crippen molar-refractivity contribution in [3.8, 4) is 17.1 Å². The second-order valence-corrected chi connectivity index (χ2v) is 5.71. The van der Waals surface area contributed by atoms with E-state index in [1.807, 2.05) is 43.3 Å². The molecule has 21 heavy (non-hydrogen) atoms. The molecule has 1 aromatic heterocycles. The number of nitrogen functional groups attached to an aromatic ring is 1. The highest BCUT2D eigenvalue weighted by atomic mass is 79.9. The first-order valence-electron chi connectivity index (χ1n) is 6.18. The van der Waals surface area contributed by atoms with Crippen LogP contribution in [0.4, 0.5) is 5.69 Å². The molecule has 0 aliphatic rings. The van der Waals surface area contributed by atoms with Crippen LogP contribution in [0, 0.1) is 6.92 Å². The number of nitrogens with zero attached hydrogens (tertiary/aromatic N) is 4. The fourth-order valence-corrected chi connectivity index (χ4v) is 2.68. The summed E-state index contributed by atoms with van der Waals surface area (Å²) in [4.78, 5) is 0. The van der Waals surface area contributed by atoms with Gasteiger partial charge in [0.05, 0.1) is 10.2 Å². The van der Waals surface area contributed by atoms with E-state index >= 15 is 0 Å². The van der Waals surface area contributed by atoms with E-state index in [-0.39, 0.29) is 0 Å². The summed E-state index contributed by atoms with van der Waals surface area (Å²) in [7, 11) is 0. The van der Waals surface area contributed by atoms with Gasteiger partial charge in [0, 0.05) is 16.3 Å². The normalized spacial score (nSPS) is 10.8. The van der Waals surface area contributed by atoms with Gasteiger partial charge in [-0.15, -0.1) is 5.10 Å². The summed E-state index contributed by atoms with van der Waals surface area (Å²) in [5, 5.41) is 12.6. The molecule has 106 valence electrons. The second-order valence-electron chi connectivity index (χ2n) is 4.51. The lowest BCUT2D eigenvalue weighted by Gasteiger charge is -2.10. The van der Waals surface area contributed by atoms with Crippen molar-refractivity contribution in [3.63, 3.8) is 0 Å². The zero-order valence-corrected chi connectivity index (χ0v) is 13.4. The van der Waals surface area contributed by atoms with Gasteiger partial charge in [0.1, 0.15) is 0 Å². The van der Waals surface area contributed by atoms with Crippen LogP contribution in [0.1, 0.15) is 5.56 Å². The number of nitrogens with two attached hydrogens (primary N) is 1. The van der Waals surface area contributed by atoms with Crippen LogP contribution in [0.25, 0.3) is 17.1 Å². The van der Waals surface area contributed by atoms with Crippen LogP contribution < -0.4 is 5.73 Å². The van der Waals surface area contributed by atoms with E-state index in [0.29, 0.717) is 16.5 Å². The maximum absolute atomic E-state index is 6.17. The first kappa shape index (κ1) is 14.0. The van der Waals surface area contributed by atoms with Crippen LogP contribution in [0.3, 0.4) is 0 Å². The van der Waals surface area contributed by atoms with Crippen molar-refractivity contribution in [1.29, 1.82) is 0 Å². The summed E-state index contributed by atoms with van der Waals surface area (Å²) >= 11 is 9.66. The first-order chi connectivity index (χ1) is 10.1. The molecule has 3 rings (SSSR count). The average Bonchev–Trinajstić information content (AvgIpc) is 2.94. The Balaban J connectivity index is 2.22. The van der Waals surface area contributed by atoms with Gasteiger partial charge in [0.25, 0.3) is 0 Å². The number of benzene rings is 2. The van der Waals surface area contributed by atoms with Gasteiger partial charge in [-0.25, -0.2) is 0 Å². The molecular weight excluding hydrogens is 354 g/mol. The van der Waals surface area contributed by atoms with E-state index in [0.717, 1.165) is 21.3 Å². The molecule has 0 aliphatic carbocycles. The largest absolute Gasteiger partial charge is 0.398 e. The van der Waals surface area contributed by atoms with Crippen LogP contribution in [-0.2, 0) is 0 Å². The summed E-state index contributed by atoms with van der Waals surface area (Å²) in [6, 6.07) is 11.2. The minimum Gasteiger partial charge on any atom is -0.398 e. The maximum atomic E-state index is 6.17. The number of hydrogen-bond donors (Lipinski definition) is 1. The van der Waals surface area contributed by atoms with Crippen molar-refractivity contribution in [3.05, 3.63) is 51.5 Å². The lowest BCUT2D eigenvalue weighted by Crippen LogP contribution is -2.03. The molecule has 0 radical (unpaired) electrons. The fourth-order valence-electron chi connectivity index (χ4n) is 2.07. The first-order valence-corrected chi connectivity index (χ1v) is 7.35. The zero-order chi connectivity index (χ0) is 15.0. The lowest BCUT2D eigenvalue weighted by molar-refractivity contribution is 0.787. The number of aromatic nitrogens is 4. The summed E-state index contributed by atoms with van der Waals surface area (Å²) in [6.07, 6.45) is 0. The minimum atomic E-state index is 0.597. The highest BCUT2D eigenvalue weighted by Gasteiger charge is 2.16. The molecule has 2 aromatic carbocycles. The van der Waals surface area contributed by atoms with Crippen LogP contribution in [0.2, 0.25) is 5.02 Å². The van der Waals surface area contributed by atoms with E-state index in [1.165, 1.54) is 0 Å². The van der Waals surface area contributed by atoms with Crippen molar-refractivity contribution in [2.24, 2.45) is 0 Å². The highest BCUT2D eigenvalue weighted by Crippen LogP contribution is 2.33. The fraction of sp³-hybridized carbons (Fsp3) is 0.0714. The third-order valence-corrected chi connectivity index (χ3v) is 4.50. The third-order valence-electron chi connectivity index (χ3n) is 3.21. The third kappa shape index (κ3) is 2.41. The Bertz CT molecular complexity index is 749. The molecule has 0 fully saturated rings. The van der Waals surface area contributed by atoms with Gasteiger partial charge in [-0.3, -0.25) is 0 Å². The molecule has 7 heteroatoms. The van der Waals surface area contributed by atoms with Gasteiger partial charge in [-0.05, 0) is 63.1 Å². The van der Waals surface area contributed by atoms with Gasteiger partial charge in [0.2, 0.25) is 0 Å². The summed E-state index contributed by atoms with van der Waals surface area (Å²) in [5.41, 5.74) is 9.11. The Kier molecular flexibility index (Phi) is 3.65. The van der Waals surface area contributed by atoms with E-state index in [4.69, 9.17) is 17.3 Å². The molecule has 0 bridgehead atoms. The maximum Gasteiger partial charge on any atom is 0.188 e. The van der Waals surface area contributed by atoms with E-state index in [1.54, 1.807) is 4.68 Å². The molecule has 0 aliphatic heterocycles. The molecule has 0 saturated heterocycles. The molecule has 0 unspecified atom stereocenters. The second kappa shape index (κ2) is 5.46. The summed E-state index contributed by atoms with van der Waals surface area (Å²) in [6.45, 7) is 1.93. The minimum absolute atomic E-state index is 0.597. The number of tetrazole rings is 1. The van der Waals surface area contributed by atoms with Crippen LogP contribution >= 0.6 is 27.5 Å². The Morgan fingerprint density at radius 2 is 1.95 bits per heavy atom. The molecule has 0 saturated carbocycles. The molecule has 0 amide bonds. The van der Waals surface area contributed by atoms with Gasteiger partial charge >= 0.3 is 0 Å². The number of rotatable bonds is 2. The summed E-state index contributed by atoms with van der Waals surface area (Å²) < 4.78 is 2.42. The smallest absolute Gasteiger partial charge is 0.188 e. The molecule has 0 spiro atoms. The Morgan fingerprint density at radius 3 is 2.76 bits per heavy atom. The molecule has 3 aromatic rings. The summed E-state index contributed by atoms with van der Waals surface area (Å²) in [5.74, 6) is 0.597. The Morgan fingerprint density at radius 1 is 1.19 bits per heavy atom. The molecule has 5 nitrogen and oxygen atoms in total. The number of halogens is 2. The molecular formula is C14H11BrClN5. The van der Waals surface area contributed by atoms with Crippen molar-refractivity contribution in [2.45, 2.75) is 6.92 Å². The Labute approximate surface area is 134 Å². The number of anilines is 1. The topological polar surface area (TPSA) is 69.6 Å². The SMILES string of the molecule is Cc1c(Cl)cccc1-n1nnnc1-c1cccc(N)c1Br. The van der Waals surface area contributed by atoms with Crippen LogP contribution in [-0.4, -0.2) is 20.2 Å². The van der Waals surface area contributed by atoms with Crippen molar-refractivity contribution < 1.29 is 0 Å². The van der Waals surface area contributed by atoms with Gasteiger partial charge in [-0.2, -0.15) is 4.68 Å². The van der Waals surface area contributed by atoms with E-state index in [9.17, 15) is 0 Å². The zero-order valence-electron chi connectivity index (χ0n) is 11.1. The monoisotopic (exact) mass is 363 g/mol. The predicted molar refractivity (Wildman–Crippen MR) is 86.4 cm³/mol. The van der Waals surface area contributed by atoms with Gasteiger partial charge in [-0.1, -0.05) is 23.7 Å². The quantitative estimate of drug-likeness (QED) is 0.705. The van der Waals surface area contributed by atoms with Crippen molar-refractivity contribution in [1.82, 2.24) is 20.2 Å². The van der Waals surface area contributed by atoms with Gasteiger partial charge < -0.3 is 5.73 Å². The predicted octanol–water partition coefficient (Wildman–Crippen LogP) is 3.64. The lowest BCUT2D eigenvalue weighted by atomic mass is 10.1. The van der Waals surface area contributed by atoms with Crippen LogP contribution in [0.5, 0.6) is 0 Å². The van der Waals surface area contributed by atoms with E-state index in [2.05, 4.69) is 31.5 Å². The van der Waals surface area contributed by atoms with Crippen LogP contribution in [0.15, 0.2) is 40.9 Å². The highest BCUT2D eigenvalue weighted by molar-refractivity contribution is 9.10. The van der Waals surface area contributed by atoms with Crippen molar-refractivity contribution >= 4 is 33.2 Å². The molecule has 2 N–H and O–H groups in total. The van der Waals surface area contributed by atoms with Crippen molar-refractivity contribution in [2.75, 3.05) is 5.73 Å². The number of hydrogen-bond acceptors (Lipinski definition) is 4. The van der Waals surface area contributed by atoms with E-state index < -0.39 is 0 Å². The Hall–Kier alpha value is -1.92. The molecule has 0 atom stereocenters. The standard InChI is InChI=1S/C14H11BrClN5/c1-8-10(16)5-3-7-12(8)21-14(18-19-20-21)9-4-2-6-11(17)13(9)15/h2-7H,17H2,1H3.